The molecule has 3 aromatic carbocycles. The van der Waals surface area contributed by atoms with Gasteiger partial charge in [-0.3, -0.25) is 4.79 Å². The molecule has 2 aromatic heterocycles. The number of anilines is 1. The number of hydrogen-bond acceptors (Lipinski definition) is 4. The van der Waals surface area contributed by atoms with Gasteiger partial charge in [0, 0.05) is 6.04 Å². The van der Waals surface area contributed by atoms with Crippen LogP contribution >= 0.6 is 0 Å². The number of aromatic nitrogens is 3. The van der Waals surface area contributed by atoms with Crippen LogP contribution in [0.4, 0.5) is 5.82 Å². The molecule has 0 bridgehead atoms. The Bertz CT molecular complexity index is 1490. The van der Waals surface area contributed by atoms with Crippen molar-refractivity contribution < 1.29 is 4.79 Å². The van der Waals surface area contributed by atoms with E-state index in [1.54, 1.807) is 0 Å². The second-order valence-electron chi connectivity index (χ2n) is 9.12. The summed E-state index contributed by atoms with van der Waals surface area (Å²) in [5, 5.41) is 3.13. The molecule has 2 heterocycles. The Kier molecular flexibility index (Phi) is 6.19. The van der Waals surface area contributed by atoms with Gasteiger partial charge in [0.2, 0.25) is 0 Å². The highest BCUT2D eigenvalue weighted by Crippen LogP contribution is 2.29. The second-order valence-corrected chi connectivity index (χ2v) is 9.12. The minimum Gasteiger partial charge on any atom is -0.384 e. The molecular weight excluding hydrogens is 434 g/mol. The molecule has 0 saturated carbocycles. The van der Waals surface area contributed by atoms with Crippen LogP contribution in [0.15, 0.2) is 78.9 Å². The number of carbonyl (C=O) groups is 1. The zero-order valence-corrected chi connectivity index (χ0v) is 20.0. The predicted molar refractivity (Wildman–Crippen MR) is 141 cm³/mol. The molecule has 0 aliphatic carbocycles. The number of benzene rings is 3. The van der Waals surface area contributed by atoms with Crippen molar-refractivity contribution in [2.24, 2.45) is 0 Å². The molecule has 0 spiro atoms. The number of aryl methyl sites for hydroxylation is 2. The van der Waals surface area contributed by atoms with Gasteiger partial charge in [-0.25, -0.2) is 9.97 Å². The molecule has 176 valence electrons. The molecule has 35 heavy (non-hydrogen) atoms. The van der Waals surface area contributed by atoms with Crippen molar-refractivity contribution >= 4 is 33.9 Å². The van der Waals surface area contributed by atoms with Crippen LogP contribution in [0, 0.1) is 6.92 Å². The lowest BCUT2D eigenvalue weighted by Crippen LogP contribution is -2.33. The van der Waals surface area contributed by atoms with Crippen LogP contribution in [0.3, 0.4) is 0 Å². The van der Waals surface area contributed by atoms with Gasteiger partial charge < -0.3 is 15.6 Å². The molecule has 0 fully saturated rings. The number of nitrogens with one attached hydrogen (secondary N) is 1. The van der Waals surface area contributed by atoms with Gasteiger partial charge in [0.1, 0.15) is 16.9 Å². The van der Waals surface area contributed by atoms with E-state index in [-0.39, 0.29) is 11.9 Å². The monoisotopic (exact) mass is 463 g/mol. The average Bonchev–Trinajstić information content (AvgIpc) is 3.13. The first-order valence-electron chi connectivity index (χ1n) is 11.9. The van der Waals surface area contributed by atoms with Gasteiger partial charge >= 0.3 is 0 Å². The molecule has 0 radical (unpaired) electrons. The van der Waals surface area contributed by atoms with E-state index < -0.39 is 0 Å². The fourth-order valence-corrected chi connectivity index (χ4v) is 4.37. The fraction of sp³-hybridized carbons (Fsp3) is 0.207. The van der Waals surface area contributed by atoms with Gasteiger partial charge in [0.25, 0.3) is 5.91 Å². The second kappa shape index (κ2) is 9.58. The molecule has 5 rings (SSSR count). The zero-order chi connectivity index (χ0) is 24.4. The van der Waals surface area contributed by atoms with E-state index in [0.29, 0.717) is 29.1 Å². The highest BCUT2D eigenvalue weighted by atomic mass is 16.1. The maximum absolute atomic E-state index is 13.5. The van der Waals surface area contributed by atoms with Crippen molar-refractivity contribution in [1.29, 1.82) is 0 Å². The normalized spacial score (nSPS) is 12.2. The number of para-hydroxylation sites is 2. The van der Waals surface area contributed by atoms with Gasteiger partial charge in [0.05, 0.1) is 17.6 Å². The van der Waals surface area contributed by atoms with Crippen molar-refractivity contribution in [2.45, 2.75) is 39.3 Å². The number of carbonyl (C=O) groups excluding carboxylic acids is 1. The molecule has 1 amide bonds. The summed E-state index contributed by atoms with van der Waals surface area (Å²) in [6, 6.07) is 26.2. The van der Waals surface area contributed by atoms with Crippen molar-refractivity contribution in [1.82, 2.24) is 19.9 Å². The maximum atomic E-state index is 13.5. The Balaban J connectivity index is 1.49. The maximum Gasteiger partial charge on any atom is 0.257 e. The largest absolute Gasteiger partial charge is 0.384 e. The standard InChI is InChI=1S/C29H29N5O/c1-19-12-15-22(16-13-19)18-34-27(30)25(26-28(34)33-24-11-7-6-10-23(24)32-26)29(35)31-20(2)14-17-21-8-4-3-5-9-21/h3-13,15-16,20H,14,17-18,30H2,1-2H3,(H,31,35). The highest BCUT2D eigenvalue weighted by molar-refractivity contribution is 6.10. The number of rotatable bonds is 7. The van der Waals surface area contributed by atoms with E-state index >= 15 is 0 Å². The topological polar surface area (TPSA) is 85.8 Å². The number of amides is 1. The summed E-state index contributed by atoms with van der Waals surface area (Å²) in [6.07, 6.45) is 1.71. The smallest absolute Gasteiger partial charge is 0.257 e. The third kappa shape index (κ3) is 4.73. The lowest BCUT2D eigenvalue weighted by molar-refractivity contribution is 0.0940. The number of nitrogens with two attached hydrogens (primary N) is 1. The quantitative estimate of drug-likeness (QED) is 0.344. The van der Waals surface area contributed by atoms with E-state index in [1.165, 1.54) is 11.1 Å². The molecule has 6 nitrogen and oxygen atoms in total. The van der Waals surface area contributed by atoms with Crippen LogP contribution in [0.1, 0.15) is 40.4 Å². The average molecular weight is 464 g/mol. The van der Waals surface area contributed by atoms with Crippen LogP contribution in [0.25, 0.3) is 22.2 Å². The first kappa shape index (κ1) is 22.6. The van der Waals surface area contributed by atoms with Crippen LogP contribution < -0.4 is 11.1 Å². The Hall–Kier alpha value is -4.19. The van der Waals surface area contributed by atoms with Gasteiger partial charge in [-0.1, -0.05) is 72.3 Å². The van der Waals surface area contributed by atoms with Crippen molar-refractivity contribution in [3.63, 3.8) is 0 Å². The van der Waals surface area contributed by atoms with E-state index in [1.807, 2.05) is 54.0 Å². The van der Waals surface area contributed by atoms with Crippen molar-refractivity contribution in [3.8, 4) is 0 Å². The van der Waals surface area contributed by atoms with Gasteiger partial charge in [-0.05, 0) is 49.9 Å². The molecular formula is C29H29N5O. The summed E-state index contributed by atoms with van der Waals surface area (Å²) in [4.78, 5) is 23.1. The Morgan fingerprint density at radius 3 is 2.29 bits per heavy atom. The van der Waals surface area contributed by atoms with Crippen LogP contribution in [-0.4, -0.2) is 26.5 Å². The van der Waals surface area contributed by atoms with Crippen molar-refractivity contribution in [3.05, 3.63) is 101 Å². The molecule has 1 unspecified atom stereocenters. The SMILES string of the molecule is Cc1ccc(Cn2c(N)c(C(=O)NC(C)CCc3ccccc3)c3nc4ccccc4nc32)cc1. The van der Waals surface area contributed by atoms with E-state index in [2.05, 4.69) is 48.6 Å². The van der Waals surface area contributed by atoms with E-state index in [4.69, 9.17) is 15.7 Å². The molecule has 1 atom stereocenters. The van der Waals surface area contributed by atoms with Gasteiger partial charge in [0.15, 0.2) is 5.65 Å². The Morgan fingerprint density at radius 1 is 0.914 bits per heavy atom. The fourth-order valence-electron chi connectivity index (χ4n) is 4.37. The predicted octanol–water partition coefficient (Wildman–Crippen LogP) is 5.27. The third-order valence-electron chi connectivity index (χ3n) is 6.37. The summed E-state index contributed by atoms with van der Waals surface area (Å²) < 4.78 is 1.89. The van der Waals surface area contributed by atoms with Crippen LogP contribution in [0.5, 0.6) is 0 Å². The highest BCUT2D eigenvalue weighted by Gasteiger charge is 2.25. The molecule has 5 aromatic rings. The number of nitrogens with zero attached hydrogens (tertiary/aromatic N) is 3. The number of nitrogen functional groups attached to an aromatic ring is 1. The van der Waals surface area contributed by atoms with E-state index in [9.17, 15) is 4.79 Å². The van der Waals surface area contributed by atoms with Gasteiger partial charge in [-0.15, -0.1) is 0 Å². The first-order chi connectivity index (χ1) is 17.0. The zero-order valence-electron chi connectivity index (χ0n) is 20.0. The van der Waals surface area contributed by atoms with Crippen molar-refractivity contribution in [2.75, 3.05) is 5.73 Å². The summed E-state index contributed by atoms with van der Waals surface area (Å²) in [6.45, 7) is 4.58. The molecule has 6 heteroatoms. The Morgan fingerprint density at radius 2 is 1.57 bits per heavy atom. The van der Waals surface area contributed by atoms with E-state index in [0.717, 1.165) is 29.4 Å². The summed E-state index contributed by atoms with van der Waals surface area (Å²) in [5.41, 5.74) is 13.2. The van der Waals surface area contributed by atoms with Crippen LogP contribution in [-0.2, 0) is 13.0 Å². The molecule has 0 aliphatic heterocycles. The minimum absolute atomic E-state index is 0.0222. The Labute approximate surface area is 204 Å². The first-order valence-corrected chi connectivity index (χ1v) is 11.9. The third-order valence-corrected chi connectivity index (χ3v) is 6.37. The lowest BCUT2D eigenvalue weighted by Gasteiger charge is -2.14. The minimum atomic E-state index is -0.222. The molecule has 3 N–H and O–H groups in total. The summed E-state index contributed by atoms with van der Waals surface area (Å²) in [7, 11) is 0. The lowest BCUT2D eigenvalue weighted by atomic mass is 10.1. The molecule has 0 aliphatic rings. The van der Waals surface area contributed by atoms with Crippen LogP contribution in [0.2, 0.25) is 0 Å². The molecule has 0 saturated heterocycles. The number of fused-ring (bicyclic) bond motifs is 2. The summed E-state index contributed by atoms with van der Waals surface area (Å²) >= 11 is 0. The van der Waals surface area contributed by atoms with Gasteiger partial charge in [-0.2, -0.15) is 0 Å². The summed E-state index contributed by atoms with van der Waals surface area (Å²) in [5.74, 6) is 0.156. The number of hydrogen-bond donors (Lipinski definition) is 2.